The number of unbranched alkanes of at least 4 members (excludes halogenated alkanes) is 1. The first kappa shape index (κ1) is 21.8. The van der Waals surface area contributed by atoms with Crippen molar-refractivity contribution in [1.29, 1.82) is 0 Å². The summed E-state index contributed by atoms with van der Waals surface area (Å²) in [6.45, 7) is 7.23. The third-order valence-electron chi connectivity index (χ3n) is 4.97. The van der Waals surface area contributed by atoms with Crippen LogP contribution in [0.15, 0.2) is 30.5 Å². The van der Waals surface area contributed by atoms with Crippen molar-refractivity contribution < 1.29 is 9.53 Å². The maximum atomic E-state index is 11.8. The Balaban J connectivity index is 1.43. The molecule has 0 spiro atoms. The highest BCUT2D eigenvalue weighted by atomic mass is 32.1. The van der Waals surface area contributed by atoms with Gasteiger partial charge in [-0.15, -0.1) is 11.3 Å². The van der Waals surface area contributed by atoms with Crippen LogP contribution in [0.25, 0.3) is 10.6 Å². The highest BCUT2D eigenvalue weighted by Gasteiger charge is 2.25. The first-order chi connectivity index (χ1) is 13.8. The normalized spacial score (nSPS) is 14.2. The van der Waals surface area contributed by atoms with E-state index in [2.05, 4.69) is 46.5 Å². The molecule has 1 aromatic heterocycles. The van der Waals surface area contributed by atoms with E-state index < -0.39 is 6.09 Å². The minimum atomic E-state index is -0.403. The van der Waals surface area contributed by atoms with Gasteiger partial charge in [0.25, 0.3) is 0 Å². The lowest BCUT2D eigenvalue weighted by Crippen LogP contribution is -2.40. The highest BCUT2D eigenvalue weighted by molar-refractivity contribution is 7.15. The van der Waals surface area contributed by atoms with E-state index in [4.69, 9.17) is 4.74 Å². The van der Waals surface area contributed by atoms with Crippen LogP contribution in [-0.2, 0) is 17.8 Å². The molecule has 1 heterocycles. The second-order valence-corrected chi connectivity index (χ2v) is 10.1. The van der Waals surface area contributed by atoms with Crippen LogP contribution in [0.2, 0.25) is 0 Å². The Bertz CT molecular complexity index is 791. The predicted octanol–water partition coefficient (Wildman–Crippen LogP) is 5.25. The Kier molecular flexibility index (Phi) is 7.30. The smallest absolute Gasteiger partial charge is 0.407 e. The fourth-order valence-electron chi connectivity index (χ4n) is 3.19. The molecule has 0 unspecified atom stereocenters. The molecule has 1 fully saturated rings. The molecule has 0 saturated heterocycles. The number of amides is 1. The highest BCUT2D eigenvalue weighted by Crippen LogP contribution is 2.27. The molecule has 1 aromatic carbocycles. The van der Waals surface area contributed by atoms with Crippen LogP contribution in [0.5, 0.6) is 0 Å². The Hall–Kier alpha value is -1.92. The molecule has 5 nitrogen and oxygen atoms in total. The molecule has 1 amide bonds. The Morgan fingerprint density at radius 2 is 1.97 bits per heavy atom. The first-order valence-electron chi connectivity index (χ1n) is 10.5. The van der Waals surface area contributed by atoms with Gasteiger partial charge < -0.3 is 15.0 Å². The summed E-state index contributed by atoms with van der Waals surface area (Å²) in [5.41, 5.74) is 2.18. The second-order valence-electron chi connectivity index (χ2n) is 8.95. The number of benzene rings is 1. The molecule has 0 atom stereocenters. The van der Waals surface area contributed by atoms with Crippen molar-refractivity contribution in [3.8, 4) is 10.6 Å². The van der Waals surface area contributed by atoms with Gasteiger partial charge in [0.2, 0.25) is 0 Å². The summed E-state index contributed by atoms with van der Waals surface area (Å²) in [5.74, 6) is 0. The van der Waals surface area contributed by atoms with Gasteiger partial charge in [-0.1, -0.05) is 24.3 Å². The van der Waals surface area contributed by atoms with E-state index in [0.717, 1.165) is 27.9 Å². The summed E-state index contributed by atoms with van der Waals surface area (Å²) in [5, 5.41) is 3.75. The van der Waals surface area contributed by atoms with Crippen molar-refractivity contribution in [2.45, 2.75) is 71.1 Å². The van der Waals surface area contributed by atoms with Crippen LogP contribution >= 0.6 is 11.3 Å². The average molecular weight is 416 g/mol. The van der Waals surface area contributed by atoms with E-state index in [1.807, 2.05) is 20.8 Å². The Morgan fingerprint density at radius 3 is 2.62 bits per heavy atom. The molecule has 6 heteroatoms. The Labute approximate surface area is 178 Å². The summed E-state index contributed by atoms with van der Waals surface area (Å²) < 4.78 is 5.28. The number of thiazole rings is 1. The number of carbonyl (C=O) groups excluding carboxylic acids is 1. The third-order valence-corrected chi connectivity index (χ3v) is 5.99. The van der Waals surface area contributed by atoms with Gasteiger partial charge in [-0.05, 0) is 72.0 Å². The standard InChI is InChI=1S/C23H33N3O2S/c1-23(2,3)25-22(27)28-16-20-15-24-21(29-20)18-10-8-17(9-11-18)7-5-6-14-26(4)19-12-13-19/h8-11,15,19H,5-7,12-14,16H2,1-4H3,(H,25,27). The van der Waals surface area contributed by atoms with Gasteiger partial charge in [-0.2, -0.15) is 0 Å². The van der Waals surface area contributed by atoms with Crippen LogP contribution in [0.4, 0.5) is 4.79 Å². The van der Waals surface area contributed by atoms with Crippen LogP contribution in [-0.4, -0.2) is 41.2 Å². The van der Waals surface area contributed by atoms with E-state index in [1.165, 1.54) is 37.8 Å². The molecular formula is C23H33N3O2S. The molecule has 2 aromatic rings. The number of ether oxygens (including phenoxy) is 1. The second kappa shape index (κ2) is 9.72. The number of alkyl carbamates (subject to hydrolysis) is 1. The zero-order valence-corrected chi connectivity index (χ0v) is 18.8. The van der Waals surface area contributed by atoms with Crippen LogP contribution in [0, 0.1) is 0 Å². The van der Waals surface area contributed by atoms with Gasteiger partial charge in [0.15, 0.2) is 0 Å². The zero-order chi connectivity index (χ0) is 20.9. The monoisotopic (exact) mass is 415 g/mol. The van der Waals surface area contributed by atoms with E-state index >= 15 is 0 Å². The average Bonchev–Trinajstić information content (AvgIpc) is 3.41. The minimum Gasteiger partial charge on any atom is -0.444 e. The van der Waals surface area contributed by atoms with E-state index in [-0.39, 0.29) is 12.1 Å². The quantitative estimate of drug-likeness (QED) is 0.568. The van der Waals surface area contributed by atoms with Crippen LogP contribution < -0.4 is 5.32 Å². The van der Waals surface area contributed by atoms with Crippen molar-refractivity contribution >= 4 is 17.4 Å². The van der Waals surface area contributed by atoms with Gasteiger partial charge in [-0.25, -0.2) is 9.78 Å². The topological polar surface area (TPSA) is 54.5 Å². The summed E-state index contributed by atoms with van der Waals surface area (Å²) in [6.07, 6.45) is 7.76. The van der Waals surface area contributed by atoms with Gasteiger partial charge in [0.1, 0.15) is 11.6 Å². The lowest BCUT2D eigenvalue weighted by Gasteiger charge is -2.19. The van der Waals surface area contributed by atoms with Gasteiger partial charge >= 0.3 is 6.09 Å². The van der Waals surface area contributed by atoms with Gasteiger partial charge in [0.05, 0.1) is 4.88 Å². The lowest BCUT2D eigenvalue weighted by molar-refractivity contribution is 0.132. The van der Waals surface area contributed by atoms with E-state index in [1.54, 1.807) is 17.5 Å². The number of carbonyl (C=O) groups is 1. The molecule has 0 aliphatic heterocycles. The molecule has 1 aliphatic rings. The third kappa shape index (κ3) is 7.44. The van der Waals surface area contributed by atoms with Crippen molar-refractivity contribution in [3.05, 3.63) is 40.9 Å². The lowest BCUT2D eigenvalue weighted by atomic mass is 10.1. The summed E-state index contributed by atoms with van der Waals surface area (Å²) >= 11 is 1.56. The minimum absolute atomic E-state index is 0.243. The number of aromatic nitrogens is 1. The van der Waals surface area contributed by atoms with Crippen molar-refractivity contribution in [3.63, 3.8) is 0 Å². The van der Waals surface area contributed by atoms with Crippen LogP contribution in [0.1, 0.15) is 56.9 Å². The Morgan fingerprint density at radius 1 is 1.24 bits per heavy atom. The molecular weight excluding hydrogens is 382 g/mol. The number of hydrogen-bond acceptors (Lipinski definition) is 5. The molecule has 1 saturated carbocycles. The van der Waals surface area contributed by atoms with Crippen molar-refractivity contribution in [2.75, 3.05) is 13.6 Å². The zero-order valence-electron chi connectivity index (χ0n) is 18.0. The predicted molar refractivity (Wildman–Crippen MR) is 119 cm³/mol. The number of nitrogens with zero attached hydrogens (tertiary/aromatic N) is 2. The number of nitrogens with one attached hydrogen (secondary N) is 1. The molecule has 0 radical (unpaired) electrons. The fourth-order valence-corrected chi connectivity index (χ4v) is 4.02. The van der Waals surface area contributed by atoms with Crippen molar-refractivity contribution in [2.24, 2.45) is 0 Å². The molecule has 1 N–H and O–H groups in total. The molecule has 3 rings (SSSR count). The summed E-state index contributed by atoms with van der Waals surface area (Å²) in [7, 11) is 2.25. The van der Waals surface area contributed by atoms with Crippen molar-refractivity contribution in [1.82, 2.24) is 15.2 Å². The largest absolute Gasteiger partial charge is 0.444 e. The van der Waals surface area contributed by atoms with Gasteiger partial charge in [-0.3, -0.25) is 0 Å². The van der Waals surface area contributed by atoms with E-state index in [0.29, 0.717) is 0 Å². The number of aryl methyl sites for hydroxylation is 1. The SMILES string of the molecule is CN(CCCCc1ccc(-c2ncc(COC(=O)NC(C)(C)C)s2)cc1)C1CC1. The maximum Gasteiger partial charge on any atom is 0.407 e. The summed E-state index contributed by atoms with van der Waals surface area (Å²) in [6, 6.07) is 9.54. The number of rotatable bonds is 9. The molecule has 0 bridgehead atoms. The fraction of sp³-hybridized carbons (Fsp3) is 0.565. The van der Waals surface area contributed by atoms with E-state index in [9.17, 15) is 4.79 Å². The first-order valence-corrected chi connectivity index (χ1v) is 11.3. The molecule has 29 heavy (non-hydrogen) atoms. The number of hydrogen-bond donors (Lipinski definition) is 1. The molecule has 158 valence electrons. The van der Waals surface area contributed by atoms with Gasteiger partial charge in [0, 0.05) is 23.3 Å². The maximum absolute atomic E-state index is 11.8. The van der Waals surface area contributed by atoms with Crippen LogP contribution in [0.3, 0.4) is 0 Å². The molecule has 1 aliphatic carbocycles. The summed E-state index contributed by atoms with van der Waals surface area (Å²) in [4.78, 5) is 19.7.